The van der Waals surface area contributed by atoms with Crippen LogP contribution in [0.2, 0.25) is 0 Å². The molecule has 104 heavy (non-hydrogen) atoms. The molecule has 0 saturated carbocycles. The molecule has 16 bridgehead atoms. The van der Waals surface area contributed by atoms with E-state index in [1.165, 1.54) is 0 Å². The summed E-state index contributed by atoms with van der Waals surface area (Å²) in [6.07, 6.45) is 0. The van der Waals surface area contributed by atoms with Crippen molar-refractivity contribution in [2.24, 2.45) is 0 Å². The predicted molar refractivity (Wildman–Crippen MR) is 356 cm³/mol. The van der Waals surface area contributed by atoms with Gasteiger partial charge in [-0.05, 0) is 12.1 Å². The van der Waals surface area contributed by atoms with E-state index < -0.39 is 69.2 Å². The van der Waals surface area contributed by atoms with Crippen LogP contribution in [0.3, 0.4) is 0 Å². The maximum atomic E-state index is 12.6. The fourth-order valence-electron chi connectivity index (χ4n) is 12.8. The van der Waals surface area contributed by atoms with E-state index in [2.05, 4.69) is 59.0 Å². The van der Waals surface area contributed by atoms with Crippen LogP contribution < -0.4 is 30.6 Å². The fourth-order valence-corrected chi connectivity index (χ4v) is 12.8. The van der Waals surface area contributed by atoms with E-state index in [0.29, 0.717) is 78.7 Å². The number of hydrogen-bond donors (Lipinski definition) is 4. The number of benzene rings is 8. The Morgan fingerprint density at radius 2 is 0.423 bits per heavy atom. The van der Waals surface area contributed by atoms with Crippen molar-refractivity contribution in [3.63, 3.8) is 0 Å². The monoisotopic (exact) mass is 1700 g/mol. The van der Waals surface area contributed by atoms with Gasteiger partial charge in [-0.1, -0.05) is 146 Å². The number of aromatic carboxylic acids is 6. The standard InChI is InChI=1S/2C35H18N8O6.3ClH.3Rh/c2*44-33(45)21-13-20-22(24(35(48)49)23(21)34(46)47)32-42-30-19-12-6-5-11-18(19)28(40-30)38-26-15-8-2-1-7-14(15)25(36-26)37-27-16-9-3-4-10-17(16)29(39-27)41-31(20)43-32;;;;;;/h2*1-13H,(H,44,45)(H,46,47)(H,48,49)(H2,36,37,38,39,40,41,42,43);3*1H;;;/q;;;;;3*+3/p-9. The third-order valence-electron chi connectivity index (χ3n) is 16.9. The quantitative estimate of drug-likeness (QED) is 0.139. The summed E-state index contributed by atoms with van der Waals surface area (Å²) >= 11 is 6.07. The fraction of sp³-hybridized carbons (Fsp3) is 0. The molecule has 4 aliphatic heterocycles. The zero-order chi connectivity index (χ0) is 73.1. The topological polar surface area (TPSA) is 459 Å². The van der Waals surface area contributed by atoms with Gasteiger partial charge in [-0.25, -0.2) is 59.8 Å². The van der Waals surface area contributed by atoms with Crippen molar-refractivity contribution in [1.82, 2.24) is 79.7 Å². The Bertz CT molecular complexity index is 6110. The van der Waals surface area contributed by atoms with E-state index in [1.807, 2.05) is 125 Å². The molecule has 0 spiro atoms. The molecule has 8 aromatic carbocycles. The van der Waals surface area contributed by atoms with Crippen molar-refractivity contribution in [3.8, 4) is 91.1 Å². The van der Waals surface area contributed by atoms with Crippen molar-refractivity contribution in [1.29, 1.82) is 0 Å². The number of fused-ring (bicyclic) bond motifs is 40. The van der Waals surface area contributed by atoms with E-state index in [9.17, 15) is 59.4 Å². The predicted octanol–water partition coefficient (Wildman–Crippen LogP) is 5.98. The van der Waals surface area contributed by atoms with Crippen molar-refractivity contribution < 1.29 is 111 Å². The van der Waals surface area contributed by atoms with E-state index in [4.69, 9.17) is 49.8 Å². The molecular formula is C70H30Cl3N16O12Rh3. The molecule has 4 aliphatic rings. The number of H-pyrrole nitrogens is 4. The Morgan fingerprint density at radius 1 is 0.240 bits per heavy atom. The summed E-state index contributed by atoms with van der Waals surface area (Å²) in [6, 6.07) is 45.6. The number of hydrogen-bond acceptors (Lipinski definition) is 24. The molecule has 0 radical (unpaired) electrons. The number of halogens is 3. The van der Waals surface area contributed by atoms with Gasteiger partial charge in [0, 0.05) is 121 Å². The Balaban J connectivity index is 0.000000164. The molecule has 6 aromatic heterocycles. The first kappa shape index (κ1) is 69.1. The number of carboxylic acids is 6. The molecule has 510 valence electrons. The number of aromatic nitrogens is 16. The van der Waals surface area contributed by atoms with Crippen molar-refractivity contribution in [2.45, 2.75) is 0 Å². The summed E-state index contributed by atoms with van der Waals surface area (Å²) in [5.41, 5.74) is 0.0362. The molecule has 28 nitrogen and oxygen atoms in total. The number of aromatic amines is 4. The van der Waals surface area contributed by atoms with E-state index >= 15 is 0 Å². The van der Waals surface area contributed by atoms with Gasteiger partial charge >= 0.3 is 81.0 Å². The first-order valence-electron chi connectivity index (χ1n) is 29.8. The zero-order valence-corrected chi connectivity index (χ0v) is 58.6. The first-order chi connectivity index (χ1) is 50.5. The van der Waals surface area contributed by atoms with Crippen LogP contribution in [0.25, 0.3) is 179 Å². The van der Waals surface area contributed by atoms with Gasteiger partial charge in [0.15, 0.2) is 46.6 Å². The zero-order valence-electron chi connectivity index (χ0n) is 51.4. The van der Waals surface area contributed by atoms with Crippen LogP contribution in [-0.4, -0.2) is 116 Å². The molecule has 4 N–H and O–H groups in total. The summed E-state index contributed by atoms with van der Waals surface area (Å²) in [6.45, 7) is 0. The van der Waals surface area contributed by atoms with Crippen LogP contribution in [-0.2, 0) is 51.9 Å². The van der Waals surface area contributed by atoms with Gasteiger partial charge in [-0.2, -0.15) is 0 Å². The number of carbonyl (C=O) groups is 6. The molecule has 14 aromatic rings. The van der Waals surface area contributed by atoms with E-state index in [-0.39, 0.29) is 79.1 Å². The molecule has 0 unspecified atom stereocenters. The first-order valence-corrected chi connectivity index (χ1v) is 36.1. The molecule has 10 heterocycles. The summed E-state index contributed by atoms with van der Waals surface area (Å²) in [5, 5.41) is 76.4. The summed E-state index contributed by atoms with van der Waals surface area (Å²) in [5.74, 6) is -10.2. The molecule has 0 aliphatic carbocycles. The van der Waals surface area contributed by atoms with Crippen LogP contribution in [0, 0.1) is 0 Å². The van der Waals surface area contributed by atoms with Gasteiger partial charge in [0.25, 0.3) is 0 Å². The van der Waals surface area contributed by atoms with Gasteiger partial charge in [0.2, 0.25) is 0 Å². The van der Waals surface area contributed by atoms with E-state index in [1.54, 1.807) is 72.8 Å². The molecule has 0 amide bonds. The van der Waals surface area contributed by atoms with Gasteiger partial charge < -0.3 is 79.3 Å². The minimum atomic E-state index is -2.06. The van der Waals surface area contributed by atoms with Gasteiger partial charge in [-0.3, -0.25) is 0 Å². The minimum absolute atomic E-state index is 0.0704. The molecule has 0 fully saturated rings. The van der Waals surface area contributed by atoms with Crippen LogP contribution >= 0.6 is 29.1 Å². The van der Waals surface area contributed by atoms with Gasteiger partial charge in [0.1, 0.15) is 45.2 Å². The number of carbonyl (C=O) groups excluding carboxylic acids is 6. The third-order valence-corrected chi connectivity index (χ3v) is 16.9. The molecular weight excluding hydrogens is 1670 g/mol. The molecule has 0 saturated heterocycles. The molecule has 34 heteroatoms. The number of nitrogens with one attached hydrogen (secondary N) is 4. The van der Waals surface area contributed by atoms with Crippen molar-refractivity contribution in [3.05, 3.63) is 191 Å². The second-order valence-corrected chi connectivity index (χ2v) is 22.4. The SMILES string of the molecule is O=C([O-])c1cc2c3nc4nc(nc5[nH]c(nc6nc(nc([nH]3)c2c(C(=O)[O-])c1C(=O)[O-])-c1ccccc1-6)c1ccccc51)-c1ccccc1-4.O=C([O-])c1cc2c3nc4nc(nc5[nH]c(nc6nc(nc([nH]3)c2c(C(=O)[O-])c1C(=O)[O-])-c1ccccc1-6)c1ccccc51)-c1ccccc1-4.[Cl][Rh+2].[Cl][Rh+2].[Cl][Rh+2]. The Labute approximate surface area is 621 Å². The van der Waals surface area contributed by atoms with Crippen molar-refractivity contribution in [2.75, 3.05) is 0 Å². The van der Waals surface area contributed by atoms with Crippen LogP contribution in [0.1, 0.15) is 62.1 Å². The summed E-state index contributed by atoms with van der Waals surface area (Å²) < 4.78 is 0. The summed E-state index contributed by atoms with van der Waals surface area (Å²) in [4.78, 5) is 144. The molecule has 0 atom stereocenters. The number of carboxylic acid groups (broad SMARTS) is 6. The van der Waals surface area contributed by atoms with Crippen LogP contribution in [0.15, 0.2) is 158 Å². The van der Waals surface area contributed by atoms with E-state index in [0.717, 1.165) is 33.7 Å². The van der Waals surface area contributed by atoms with Crippen LogP contribution in [0.4, 0.5) is 0 Å². The van der Waals surface area contributed by atoms with Gasteiger partial charge in [0.05, 0.1) is 35.8 Å². The Morgan fingerprint density at radius 3 is 0.625 bits per heavy atom. The average Bonchev–Trinajstić information content (AvgIpc) is 1.56. The Hall–Kier alpha value is -12.0. The normalized spacial score (nSPS) is 11.2. The Kier molecular flexibility index (Phi) is 18.7. The van der Waals surface area contributed by atoms with Gasteiger partial charge in [-0.15, -0.1) is 0 Å². The maximum absolute atomic E-state index is 12.6. The number of nitrogens with zero attached hydrogens (tertiary/aromatic N) is 12. The van der Waals surface area contributed by atoms with Crippen LogP contribution in [0.5, 0.6) is 0 Å². The van der Waals surface area contributed by atoms with Crippen molar-refractivity contribution >= 4 is 153 Å². The molecule has 18 rings (SSSR count). The second kappa shape index (κ2) is 28.1. The second-order valence-electron chi connectivity index (χ2n) is 22.4. The summed E-state index contributed by atoms with van der Waals surface area (Å²) in [7, 11) is 13.6. The third kappa shape index (κ3) is 11.8. The number of rotatable bonds is 6. The average molecular weight is 1700 g/mol.